The number of allylic oxidation sites excluding steroid dienone is 1. The summed E-state index contributed by atoms with van der Waals surface area (Å²) in [6, 6.07) is 10.2. The zero-order valence-corrected chi connectivity index (χ0v) is 15.4. The SMILES string of the molecule is C=CC1CC1(C(=O)OCC)C(=O)OCC[N+](C)(C)Cc1ccccc1. The van der Waals surface area contributed by atoms with E-state index in [4.69, 9.17) is 9.47 Å². The van der Waals surface area contributed by atoms with Gasteiger partial charge in [-0.05, 0) is 13.3 Å². The van der Waals surface area contributed by atoms with Crippen molar-refractivity contribution < 1.29 is 23.5 Å². The zero-order chi connectivity index (χ0) is 18.5. The van der Waals surface area contributed by atoms with Crippen LogP contribution in [0.2, 0.25) is 0 Å². The summed E-state index contributed by atoms with van der Waals surface area (Å²) in [6.07, 6.45) is 2.06. The molecule has 136 valence electrons. The first-order chi connectivity index (χ1) is 11.9. The van der Waals surface area contributed by atoms with E-state index < -0.39 is 17.4 Å². The number of quaternary nitrogens is 1. The van der Waals surface area contributed by atoms with Crippen LogP contribution in [-0.4, -0.2) is 50.3 Å². The van der Waals surface area contributed by atoms with Gasteiger partial charge in [0.25, 0.3) is 0 Å². The Morgan fingerprint density at radius 2 is 1.88 bits per heavy atom. The van der Waals surface area contributed by atoms with Gasteiger partial charge in [0.1, 0.15) is 19.7 Å². The zero-order valence-electron chi connectivity index (χ0n) is 15.4. The van der Waals surface area contributed by atoms with Gasteiger partial charge in [-0.2, -0.15) is 0 Å². The molecule has 25 heavy (non-hydrogen) atoms. The first kappa shape index (κ1) is 19.2. The molecule has 2 rings (SSSR count). The van der Waals surface area contributed by atoms with E-state index in [0.29, 0.717) is 17.4 Å². The molecule has 5 nitrogen and oxygen atoms in total. The second kappa shape index (κ2) is 7.83. The largest absolute Gasteiger partial charge is 0.465 e. The van der Waals surface area contributed by atoms with Gasteiger partial charge in [-0.1, -0.05) is 36.4 Å². The number of likely N-dealkylation sites (N-methyl/N-ethyl adjacent to an activating group) is 1. The van der Waals surface area contributed by atoms with Crippen molar-refractivity contribution in [3.63, 3.8) is 0 Å². The molecule has 1 aromatic rings. The molecule has 1 aliphatic carbocycles. The number of hydrogen-bond acceptors (Lipinski definition) is 4. The summed E-state index contributed by atoms with van der Waals surface area (Å²) in [6.45, 7) is 7.44. The van der Waals surface area contributed by atoms with Crippen molar-refractivity contribution in [1.82, 2.24) is 0 Å². The fraction of sp³-hybridized carbons (Fsp3) is 0.500. The molecule has 0 bridgehead atoms. The van der Waals surface area contributed by atoms with E-state index in [1.807, 2.05) is 18.2 Å². The fourth-order valence-corrected chi connectivity index (χ4v) is 3.06. The highest BCUT2D eigenvalue weighted by Gasteiger charge is 2.67. The number of benzene rings is 1. The second-order valence-electron chi connectivity index (χ2n) is 7.18. The van der Waals surface area contributed by atoms with E-state index in [0.717, 1.165) is 6.54 Å². The minimum atomic E-state index is -1.17. The third-order valence-electron chi connectivity index (χ3n) is 4.69. The first-order valence-electron chi connectivity index (χ1n) is 8.68. The number of ether oxygens (including phenoxy) is 2. The maximum atomic E-state index is 12.5. The molecule has 1 aliphatic rings. The van der Waals surface area contributed by atoms with Gasteiger partial charge in [0, 0.05) is 11.5 Å². The predicted octanol–water partition coefficient (Wildman–Crippen LogP) is 2.56. The topological polar surface area (TPSA) is 52.6 Å². The molecular formula is C20H28NO4+. The molecule has 0 radical (unpaired) electrons. The minimum Gasteiger partial charge on any atom is -0.465 e. The first-order valence-corrected chi connectivity index (χ1v) is 8.68. The highest BCUT2D eigenvalue weighted by Crippen LogP contribution is 2.55. The smallest absolute Gasteiger partial charge is 0.324 e. The molecular weight excluding hydrogens is 318 g/mol. The van der Waals surface area contributed by atoms with Gasteiger partial charge < -0.3 is 14.0 Å². The summed E-state index contributed by atoms with van der Waals surface area (Å²) in [4.78, 5) is 24.6. The summed E-state index contributed by atoms with van der Waals surface area (Å²) in [5.41, 5.74) is 0.0599. The maximum absolute atomic E-state index is 12.5. The highest BCUT2D eigenvalue weighted by molar-refractivity contribution is 6.04. The lowest BCUT2D eigenvalue weighted by atomic mass is 10.0. The Morgan fingerprint density at radius 1 is 1.24 bits per heavy atom. The Balaban J connectivity index is 1.88. The monoisotopic (exact) mass is 346 g/mol. The maximum Gasteiger partial charge on any atom is 0.324 e. The van der Waals surface area contributed by atoms with E-state index in [2.05, 4.69) is 32.8 Å². The molecule has 0 aliphatic heterocycles. The minimum absolute atomic E-state index is 0.189. The van der Waals surface area contributed by atoms with E-state index in [9.17, 15) is 9.59 Å². The molecule has 0 amide bonds. The summed E-state index contributed by atoms with van der Waals surface area (Å²) in [5.74, 6) is -1.18. The van der Waals surface area contributed by atoms with Crippen LogP contribution in [0.25, 0.3) is 0 Å². The molecule has 0 heterocycles. The van der Waals surface area contributed by atoms with Crippen molar-refractivity contribution in [3.8, 4) is 0 Å². The highest BCUT2D eigenvalue weighted by atomic mass is 16.6. The van der Waals surface area contributed by atoms with Crippen LogP contribution in [0.5, 0.6) is 0 Å². The van der Waals surface area contributed by atoms with Crippen LogP contribution >= 0.6 is 0 Å². The Labute approximate surface area is 149 Å². The number of carbonyl (C=O) groups is 2. The van der Waals surface area contributed by atoms with E-state index in [1.165, 1.54) is 5.56 Å². The van der Waals surface area contributed by atoms with Crippen molar-refractivity contribution >= 4 is 11.9 Å². The lowest BCUT2D eigenvalue weighted by Crippen LogP contribution is -2.42. The van der Waals surface area contributed by atoms with Gasteiger partial charge in [-0.3, -0.25) is 9.59 Å². The average Bonchev–Trinajstić information content (AvgIpc) is 3.31. The molecule has 1 saturated carbocycles. The molecule has 1 aromatic carbocycles. The van der Waals surface area contributed by atoms with Gasteiger partial charge in [0.05, 0.1) is 20.7 Å². The molecule has 0 saturated heterocycles. The van der Waals surface area contributed by atoms with Gasteiger partial charge in [0.15, 0.2) is 5.41 Å². The Morgan fingerprint density at radius 3 is 2.44 bits per heavy atom. The van der Waals surface area contributed by atoms with Crippen LogP contribution < -0.4 is 0 Å². The van der Waals surface area contributed by atoms with Gasteiger partial charge in [0.2, 0.25) is 0 Å². The van der Waals surface area contributed by atoms with Crippen LogP contribution in [0.3, 0.4) is 0 Å². The van der Waals surface area contributed by atoms with E-state index in [1.54, 1.807) is 13.0 Å². The van der Waals surface area contributed by atoms with Crippen LogP contribution in [-0.2, 0) is 25.6 Å². The van der Waals surface area contributed by atoms with Crippen molar-refractivity contribution in [3.05, 3.63) is 48.6 Å². The van der Waals surface area contributed by atoms with Crippen molar-refractivity contribution in [1.29, 1.82) is 0 Å². The van der Waals surface area contributed by atoms with E-state index in [-0.39, 0.29) is 19.1 Å². The Kier molecular flexibility index (Phi) is 6.01. The van der Waals surface area contributed by atoms with Crippen molar-refractivity contribution in [2.75, 3.05) is 33.9 Å². The Bertz CT molecular complexity index is 626. The number of nitrogens with zero attached hydrogens (tertiary/aromatic N) is 1. The molecule has 2 atom stereocenters. The number of esters is 2. The van der Waals surface area contributed by atoms with Gasteiger partial charge >= 0.3 is 11.9 Å². The molecule has 1 fully saturated rings. The number of carbonyl (C=O) groups excluding carboxylic acids is 2. The second-order valence-corrected chi connectivity index (χ2v) is 7.18. The van der Waals surface area contributed by atoms with E-state index >= 15 is 0 Å². The summed E-state index contributed by atoms with van der Waals surface area (Å²) >= 11 is 0. The van der Waals surface area contributed by atoms with Crippen LogP contribution in [0, 0.1) is 11.3 Å². The summed E-state index contributed by atoms with van der Waals surface area (Å²) < 4.78 is 11.2. The number of rotatable bonds is 9. The quantitative estimate of drug-likeness (QED) is 0.298. The normalized spacial score (nSPS) is 22.1. The Hall–Kier alpha value is -2.14. The lowest BCUT2D eigenvalue weighted by molar-refractivity contribution is -0.903. The fourth-order valence-electron chi connectivity index (χ4n) is 3.06. The van der Waals surface area contributed by atoms with Gasteiger partial charge in [-0.25, -0.2) is 0 Å². The molecule has 0 spiro atoms. The predicted molar refractivity (Wildman–Crippen MR) is 95.5 cm³/mol. The average molecular weight is 346 g/mol. The van der Waals surface area contributed by atoms with Crippen LogP contribution in [0.4, 0.5) is 0 Å². The van der Waals surface area contributed by atoms with Crippen LogP contribution in [0.1, 0.15) is 18.9 Å². The van der Waals surface area contributed by atoms with Crippen molar-refractivity contribution in [2.45, 2.75) is 19.9 Å². The molecule has 5 heteroatoms. The van der Waals surface area contributed by atoms with Gasteiger partial charge in [-0.15, -0.1) is 6.58 Å². The molecule has 0 aromatic heterocycles. The molecule has 0 N–H and O–H groups in total. The lowest BCUT2D eigenvalue weighted by Gasteiger charge is -2.29. The summed E-state index contributed by atoms with van der Waals surface area (Å²) in [5, 5.41) is 0. The van der Waals surface area contributed by atoms with Crippen molar-refractivity contribution in [2.24, 2.45) is 11.3 Å². The standard InChI is InChI=1S/C20H28NO4/c1-5-17-14-20(17,18(22)24-6-2)19(23)25-13-12-21(3,4)15-16-10-8-7-9-11-16/h5,7-11,17H,1,6,12-15H2,2-4H3/q+1. The summed E-state index contributed by atoms with van der Waals surface area (Å²) in [7, 11) is 4.18. The van der Waals surface area contributed by atoms with Crippen LogP contribution in [0.15, 0.2) is 43.0 Å². The number of hydrogen-bond donors (Lipinski definition) is 0. The third kappa shape index (κ3) is 4.48. The third-order valence-corrected chi connectivity index (χ3v) is 4.69. The molecule has 2 unspecified atom stereocenters.